The van der Waals surface area contributed by atoms with E-state index in [1.807, 2.05) is 12.1 Å². The first-order valence-electron chi connectivity index (χ1n) is 8.17. The van der Waals surface area contributed by atoms with Crippen LogP contribution in [0.5, 0.6) is 5.75 Å². The molecule has 1 fully saturated rings. The van der Waals surface area contributed by atoms with Gasteiger partial charge in [0.2, 0.25) is 5.91 Å². The van der Waals surface area contributed by atoms with Crippen molar-refractivity contribution in [2.75, 3.05) is 16.8 Å². The molecule has 0 bridgehead atoms. The summed E-state index contributed by atoms with van der Waals surface area (Å²) < 4.78 is 18.5. The number of hydrogen-bond acceptors (Lipinski definition) is 3. The predicted molar refractivity (Wildman–Crippen MR) is 93.1 cm³/mol. The number of amides is 2. The highest BCUT2D eigenvalue weighted by Crippen LogP contribution is 2.29. The van der Waals surface area contributed by atoms with Crippen LogP contribution >= 0.6 is 0 Å². The highest BCUT2D eigenvalue weighted by Gasteiger charge is 2.25. The number of para-hydroxylation sites is 2. The number of rotatable bonds is 5. The fourth-order valence-corrected chi connectivity index (χ4v) is 2.72. The lowest BCUT2D eigenvalue weighted by molar-refractivity contribution is -0.122. The molecule has 0 unspecified atom stereocenters. The Hall–Kier alpha value is -2.89. The van der Waals surface area contributed by atoms with Crippen LogP contribution in [0.25, 0.3) is 0 Å². The van der Waals surface area contributed by atoms with E-state index in [1.165, 1.54) is 24.3 Å². The molecule has 1 aliphatic heterocycles. The number of carbonyl (C=O) groups excluding carboxylic acids is 2. The van der Waals surface area contributed by atoms with Crippen LogP contribution in [0, 0.1) is 5.82 Å². The molecule has 0 aliphatic carbocycles. The number of carbonyl (C=O) groups is 2. The Balaban J connectivity index is 1.70. The maximum Gasteiger partial charge on any atom is 0.265 e. The van der Waals surface area contributed by atoms with Gasteiger partial charge >= 0.3 is 0 Å². The molecular weight excluding hydrogens is 323 g/mol. The van der Waals surface area contributed by atoms with Crippen molar-refractivity contribution < 1.29 is 18.7 Å². The molecule has 0 aromatic heterocycles. The molecule has 0 spiro atoms. The zero-order valence-corrected chi connectivity index (χ0v) is 13.9. The Kier molecular flexibility index (Phi) is 4.97. The molecule has 1 aliphatic rings. The normalized spacial score (nSPS) is 15.1. The van der Waals surface area contributed by atoms with Crippen molar-refractivity contribution in [2.24, 2.45) is 0 Å². The van der Waals surface area contributed by atoms with Crippen molar-refractivity contribution in [3.8, 4) is 5.75 Å². The molecule has 2 aromatic carbocycles. The molecule has 130 valence electrons. The summed E-state index contributed by atoms with van der Waals surface area (Å²) in [6, 6.07) is 12.7. The van der Waals surface area contributed by atoms with Crippen molar-refractivity contribution in [1.29, 1.82) is 0 Å². The monoisotopic (exact) mass is 342 g/mol. The average molecular weight is 342 g/mol. The van der Waals surface area contributed by atoms with Crippen LogP contribution < -0.4 is 15.0 Å². The van der Waals surface area contributed by atoms with Crippen LogP contribution in [0.3, 0.4) is 0 Å². The van der Waals surface area contributed by atoms with E-state index >= 15 is 0 Å². The number of nitrogens with zero attached hydrogens (tertiary/aromatic N) is 1. The van der Waals surface area contributed by atoms with E-state index in [0.29, 0.717) is 30.1 Å². The minimum atomic E-state index is -0.771. The van der Waals surface area contributed by atoms with Gasteiger partial charge in [0.15, 0.2) is 6.10 Å². The highest BCUT2D eigenvalue weighted by molar-refractivity contribution is 6.03. The van der Waals surface area contributed by atoms with E-state index in [0.717, 1.165) is 6.42 Å². The van der Waals surface area contributed by atoms with Crippen molar-refractivity contribution in [3.05, 3.63) is 54.3 Å². The molecule has 1 atom stereocenters. The molecule has 1 saturated heterocycles. The number of halogens is 1. The zero-order valence-electron chi connectivity index (χ0n) is 13.9. The molecule has 0 saturated carbocycles. The van der Waals surface area contributed by atoms with E-state index in [9.17, 15) is 14.0 Å². The molecule has 1 heterocycles. The molecule has 25 heavy (non-hydrogen) atoms. The van der Waals surface area contributed by atoms with Gasteiger partial charge in [0.05, 0.1) is 11.4 Å². The van der Waals surface area contributed by atoms with Gasteiger partial charge in [-0.25, -0.2) is 4.39 Å². The number of anilines is 2. The van der Waals surface area contributed by atoms with Crippen LogP contribution in [0.15, 0.2) is 48.5 Å². The van der Waals surface area contributed by atoms with Gasteiger partial charge in [-0.2, -0.15) is 0 Å². The van der Waals surface area contributed by atoms with E-state index < -0.39 is 6.10 Å². The first kappa shape index (κ1) is 17.0. The summed E-state index contributed by atoms with van der Waals surface area (Å²) in [5.74, 6) is -0.249. The highest BCUT2D eigenvalue weighted by atomic mass is 19.1. The number of benzene rings is 2. The molecular formula is C19H19FN2O3. The van der Waals surface area contributed by atoms with E-state index in [1.54, 1.807) is 24.0 Å². The summed E-state index contributed by atoms with van der Waals surface area (Å²) in [5.41, 5.74) is 1.25. The fourth-order valence-electron chi connectivity index (χ4n) is 2.72. The van der Waals surface area contributed by atoms with Gasteiger partial charge < -0.3 is 15.0 Å². The Morgan fingerprint density at radius 3 is 2.60 bits per heavy atom. The minimum absolute atomic E-state index is 0.0531. The topological polar surface area (TPSA) is 58.6 Å². The van der Waals surface area contributed by atoms with Gasteiger partial charge in [-0.05, 0) is 49.7 Å². The molecule has 2 amide bonds. The van der Waals surface area contributed by atoms with Crippen molar-refractivity contribution in [2.45, 2.75) is 25.9 Å². The Bertz CT molecular complexity index is 776. The Morgan fingerprint density at radius 1 is 1.20 bits per heavy atom. The van der Waals surface area contributed by atoms with Gasteiger partial charge in [0, 0.05) is 13.0 Å². The van der Waals surface area contributed by atoms with Gasteiger partial charge in [0.25, 0.3) is 5.91 Å². The second-order valence-electron chi connectivity index (χ2n) is 5.87. The van der Waals surface area contributed by atoms with Crippen LogP contribution in [-0.4, -0.2) is 24.5 Å². The number of nitrogens with one attached hydrogen (secondary N) is 1. The number of hydrogen-bond donors (Lipinski definition) is 1. The van der Waals surface area contributed by atoms with Crippen molar-refractivity contribution >= 4 is 23.2 Å². The van der Waals surface area contributed by atoms with Gasteiger partial charge in [-0.15, -0.1) is 0 Å². The third-order valence-corrected chi connectivity index (χ3v) is 4.02. The second kappa shape index (κ2) is 7.34. The summed E-state index contributed by atoms with van der Waals surface area (Å²) >= 11 is 0. The first-order valence-corrected chi connectivity index (χ1v) is 8.17. The maximum absolute atomic E-state index is 12.9. The summed E-state index contributed by atoms with van der Waals surface area (Å²) in [6.07, 6.45) is 0.560. The van der Waals surface area contributed by atoms with E-state index in [-0.39, 0.29) is 17.6 Å². The van der Waals surface area contributed by atoms with Crippen LogP contribution in [0.2, 0.25) is 0 Å². The van der Waals surface area contributed by atoms with E-state index in [2.05, 4.69) is 5.32 Å². The lowest BCUT2D eigenvalue weighted by atomic mass is 10.2. The molecule has 2 aromatic rings. The van der Waals surface area contributed by atoms with Gasteiger partial charge in [0.1, 0.15) is 11.6 Å². The Labute approximate surface area is 145 Å². The van der Waals surface area contributed by atoms with Crippen LogP contribution in [-0.2, 0) is 9.59 Å². The number of ether oxygens (including phenoxy) is 1. The smallest absolute Gasteiger partial charge is 0.265 e. The third-order valence-electron chi connectivity index (χ3n) is 4.02. The van der Waals surface area contributed by atoms with Crippen LogP contribution in [0.1, 0.15) is 19.8 Å². The first-order chi connectivity index (χ1) is 12.0. The molecule has 3 rings (SSSR count). The quantitative estimate of drug-likeness (QED) is 0.906. The van der Waals surface area contributed by atoms with Crippen molar-refractivity contribution in [1.82, 2.24) is 0 Å². The minimum Gasteiger partial charge on any atom is -0.481 e. The largest absolute Gasteiger partial charge is 0.481 e. The van der Waals surface area contributed by atoms with Gasteiger partial charge in [-0.1, -0.05) is 12.1 Å². The maximum atomic E-state index is 12.9. The summed E-state index contributed by atoms with van der Waals surface area (Å²) in [7, 11) is 0. The third kappa shape index (κ3) is 3.96. The predicted octanol–water partition coefficient (Wildman–Crippen LogP) is 3.36. The molecule has 1 N–H and O–H groups in total. The fraction of sp³-hybridized carbons (Fsp3) is 0.263. The molecule has 6 heteroatoms. The van der Waals surface area contributed by atoms with Crippen LogP contribution in [0.4, 0.5) is 15.8 Å². The standard InChI is InChI=1S/C19H19FN2O3/c1-13(25-15-10-8-14(20)9-11-15)19(24)21-16-5-2-3-6-17(16)22-12-4-7-18(22)23/h2-3,5-6,8-11,13H,4,7,12H2,1H3,(H,21,24)/t13-/m0/s1. The molecule has 5 nitrogen and oxygen atoms in total. The van der Waals surface area contributed by atoms with E-state index in [4.69, 9.17) is 4.74 Å². The summed E-state index contributed by atoms with van der Waals surface area (Å²) in [5, 5.41) is 2.81. The zero-order chi connectivity index (χ0) is 17.8. The SMILES string of the molecule is C[C@H](Oc1ccc(F)cc1)C(=O)Nc1ccccc1N1CCCC1=O. The van der Waals surface area contributed by atoms with Crippen molar-refractivity contribution in [3.63, 3.8) is 0 Å². The summed E-state index contributed by atoms with van der Waals surface area (Å²) in [4.78, 5) is 26.1. The lowest BCUT2D eigenvalue weighted by Crippen LogP contribution is -2.31. The second-order valence-corrected chi connectivity index (χ2v) is 5.87. The summed E-state index contributed by atoms with van der Waals surface area (Å²) in [6.45, 7) is 2.26. The van der Waals surface area contributed by atoms with Gasteiger partial charge in [-0.3, -0.25) is 9.59 Å². The Morgan fingerprint density at radius 2 is 1.92 bits per heavy atom. The molecule has 0 radical (unpaired) electrons. The lowest BCUT2D eigenvalue weighted by Gasteiger charge is -2.21. The average Bonchev–Trinajstić information content (AvgIpc) is 3.03.